The zero-order chi connectivity index (χ0) is 20.7. The van der Waals surface area contributed by atoms with Crippen LogP contribution < -0.4 is 5.32 Å². The van der Waals surface area contributed by atoms with Gasteiger partial charge < -0.3 is 15.0 Å². The third-order valence-electron chi connectivity index (χ3n) is 3.73. The first-order valence-electron chi connectivity index (χ1n) is 9.13. The van der Waals surface area contributed by atoms with Crippen LogP contribution in [0, 0.1) is 0 Å². The van der Waals surface area contributed by atoms with Crippen LogP contribution in [-0.2, 0) is 16.0 Å². The Morgan fingerprint density at radius 2 is 2.00 bits per heavy atom. The summed E-state index contributed by atoms with van der Waals surface area (Å²) in [7, 11) is 0. The van der Waals surface area contributed by atoms with Gasteiger partial charge in [0.1, 0.15) is 10.6 Å². The molecule has 0 aliphatic rings. The Hall–Kier alpha value is -2.12. The molecule has 2 aromatic rings. The maximum atomic E-state index is 12.2. The number of carbonyl (C=O) groups is 2. The lowest BCUT2D eigenvalue weighted by Gasteiger charge is -2.26. The summed E-state index contributed by atoms with van der Waals surface area (Å²) in [6.07, 6.45) is -0.201. The van der Waals surface area contributed by atoms with Gasteiger partial charge in [-0.25, -0.2) is 9.78 Å². The molecule has 0 aliphatic carbocycles. The lowest BCUT2D eigenvalue weighted by molar-refractivity contribution is -0.120. The van der Waals surface area contributed by atoms with E-state index in [0.29, 0.717) is 30.4 Å². The van der Waals surface area contributed by atoms with Crippen LogP contribution in [0.5, 0.6) is 0 Å². The topological polar surface area (TPSA) is 71.5 Å². The fourth-order valence-electron chi connectivity index (χ4n) is 2.41. The number of benzene rings is 1. The Balaban J connectivity index is 1.83. The van der Waals surface area contributed by atoms with Crippen LogP contribution in [0.25, 0.3) is 10.6 Å². The number of rotatable bonds is 7. The van der Waals surface area contributed by atoms with Crippen LogP contribution in [-0.4, -0.2) is 47.1 Å². The van der Waals surface area contributed by atoms with Crippen molar-refractivity contribution in [1.29, 1.82) is 0 Å². The number of halogens is 1. The Morgan fingerprint density at radius 1 is 1.29 bits per heavy atom. The highest BCUT2D eigenvalue weighted by Gasteiger charge is 2.21. The Morgan fingerprint density at radius 3 is 2.64 bits per heavy atom. The average Bonchev–Trinajstić information content (AvgIpc) is 3.05. The molecular formula is C20H26ClN3O3S. The normalized spacial score (nSPS) is 11.2. The second-order valence-electron chi connectivity index (χ2n) is 7.21. The molecule has 0 atom stereocenters. The highest BCUT2D eigenvalue weighted by molar-refractivity contribution is 7.13. The maximum absolute atomic E-state index is 12.2. The quantitative estimate of drug-likeness (QED) is 0.717. The maximum Gasteiger partial charge on any atom is 0.410 e. The van der Waals surface area contributed by atoms with Crippen molar-refractivity contribution in [1.82, 2.24) is 15.2 Å². The zero-order valence-electron chi connectivity index (χ0n) is 16.6. The van der Waals surface area contributed by atoms with Crippen molar-refractivity contribution < 1.29 is 14.3 Å². The molecule has 2 rings (SSSR count). The lowest BCUT2D eigenvalue weighted by atomic mass is 10.2. The summed E-state index contributed by atoms with van der Waals surface area (Å²) < 4.78 is 5.35. The standard InChI is InChI=1S/C20H26ClN3O3S/c1-5-24(19(26)27-20(2,3)4)11-10-22-17(25)12-14-13-28-18(23-14)15-8-6-7-9-16(15)21/h6-9,13H,5,10-12H2,1-4H3,(H,22,25). The number of amides is 2. The van der Waals surface area contributed by atoms with E-state index in [-0.39, 0.29) is 18.4 Å². The summed E-state index contributed by atoms with van der Waals surface area (Å²) in [5.41, 5.74) is 1.01. The molecule has 1 aromatic heterocycles. The molecule has 152 valence electrons. The summed E-state index contributed by atoms with van der Waals surface area (Å²) in [5, 5.41) is 6.10. The number of likely N-dealkylation sites (N-methyl/N-ethyl adjacent to an activating group) is 1. The van der Waals surface area contributed by atoms with E-state index in [1.54, 1.807) is 4.90 Å². The van der Waals surface area contributed by atoms with Crippen molar-refractivity contribution in [2.45, 2.75) is 39.7 Å². The van der Waals surface area contributed by atoms with Gasteiger partial charge in [-0.15, -0.1) is 11.3 Å². The van der Waals surface area contributed by atoms with Gasteiger partial charge in [0.05, 0.1) is 17.1 Å². The van der Waals surface area contributed by atoms with Crippen molar-refractivity contribution in [3.63, 3.8) is 0 Å². The Labute approximate surface area is 174 Å². The van der Waals surface area contributed by atoms with Gasteiger partial charge in [0.2, 0.25) is 5.91 Å². The van der Waals surface area contributed by atoms with E-state index in [4.69, 9.17) is 16.3 Å². The van der Waals surface area contributed by atoms with Crippen LogP contribution in [0.2, 0.25) is 5.02 Å². The molecule has 0 unspecified atom stereocenters. The molecule has 1 aromatic carbocycles. The van der Waals surface area contributed by atoms with Crippen LogP contribution in [0.4, 0.5) is 4.79 Å². The number of hydrogen-bond acceptors (Lipinski definition) is 5. The lowest BCUT2D eigenvalue weighted by Crippen LogP contribution is -2.41. The molecule has 0 fully saturated rings. The number of ether oxygens (including phenoxy) is 1. The molecule has 2 amide bonds. The van der Waals surface area contributed by atoms with Crippen LogP contribution >= 0.6 is 22.9 Å². The van der Waals surface area contributed by atoms with E-state index in [9.17, 15) is 9.59 Å². The van der Waals surface area contributed by atoms with Gasteiger partial charge in [0, 0.05) is 30.6 Å². The first-order chi connectivity index (χ1) is 13.2. The summed E-state index contributed by atoms with van der Waals surface area (Å²) in [6.45, 7) is 8.60. The van der Waals surface area contributed by atoms with Gasteiger partial charge in [0.15, 0.2) is 0 Å². The number of aromatic nitrogens is 1. The molecule has 1 N–H and O–H groups in total. The highest BCUT2D eigenvalue weighted by Crippen LogP contribution is 2.30. The number of nitrogens with one attached hydrogen (secondary N) is 1. The number of thiazole rings is 1. The van der Waals surface area contributed by atoms with Crippen molar-refractivity contribution in [2.75, 3.05) is 19.6 Å². The van der Waals surface area contributed by atoms with E-state index in [1.165, 1.54) is 11.3 Å². The minimum atomic E-state index is -0.544. The molecule has 8 heteroatoms. The fraction of sp³-hybridized carbons (Fsp3) is 0.450. The van der Waals surface area contributed by atoms with Gasteiger partial charge in [-0.3, -0.25) is 4.79 Å². The fourth-order valence-corrected chi connectivity index (χ4v) is 3.55. The Kier molecular flexibility index (Phi) is 7.83. The van der Waals surface area contributed by atoms with Crippen molar-refractivity contribution in [3.8, 4) is 10.6 Å². The average molecular weight is 424 g/mol. The van der Waals surface area contributed by atoms with E-state index >= 15 is 0 Å². The van der Waals surface area contributed by atoms with Crippen LogP contribution in [0.1, 0.15) is 33.4 Å². The molecular weight excluding hydrogens is 398 g/mol. The van der Waals surface area contributed by atoms with Crippen molar-refractivity contribution >= 4 is 34.9 Å². The largest absolute Gasteiger partial charge is 0.444 e. The van der Waals surface area contributed by atoms with Gasteiger partial charge in [0.25, 0.3) is 0 Å². The Bertz CT molecular complexity index is 817. The summed E-state index contributed by atoms with van der Waals surface area (Å²) >= 11 is 7.65. The molecule has 0 saturated carbocycles. The van der Waals surface area contributed by atoms with E-state index < -0.39 is 5.60 Å². The third-order valence-corrected chi connectivity index (χ3v) is 4.99. The molecule has 0 spiro atoms. The SMILES string of the molecule is CCN(CCNC(=O)Cc1csc(-c2ccccc2Cl)n1)C(=O)OC(C)(C)C. The van der Waals surface area contributed by atoms with Gasteiger partial charge >= 0.3 is 6.09 Å². The van der Waals surface area contributed by atoms with Crippen molar-refractivity contribution in [2.24, 2.45) is 0 Å². The summed E-state index contributed by atoms with van der Waals surface area (Å²) in [4.78, 5) is 30.3. The summed E-state index contributed by atoms with van der Waals surface area (Å²) in [5.74, 6) is -0.142. The molecule has 1 heterocycles. The first kappa shape index (κ1) is 22.2. The van der Waals surface area contributed by atoms with Gasteiger partial charge in [-0.1, -0.05) is 29.8 Å². The highest BCUT2D eigenvalue weighted by atomic mass is 35.5. The monoisotopic (exact) mass is 423 g/mol. The molecule has 0 bridgehead atoms. The number of carbonyl (C=O) groups excluding carboxylic acids is 2. The van der Waals surface area contributed by atoms with E-state index in [1.807, 2.05) is 57.3 Å². The molecule has 0 radical (unpaired) electrons. The molecule has 28 heavy (non-hydrogen) atoms. The summed E-state index contributed by atoms with van der Waals surface area (Å²) in [6, 6.07) is 7.49. The predicted molar refractivity (Wildman–Crippen MR) is 113 cm³/mol. The van der Waals surface area contributed by atoms with E-state index in [2.05, 4.69) is 10.3 Å². The van der Waals surface area contributed by atoms with Crippen LogP contribution in [0.3, 0.4) is 0 Å². The predicted octanol–water partition coefficient (Wildman–Crippen LogP) is 4.38. The molecule has 6 nitrogen and oxygen atoms in total. The molecule has 0 aliphatic heterocycles. The minimum absolute atomic E-state index is 0.142. The second kappa shape index (κ2) is 9.89. The zero-order valence-corrected chi connectivity index (χ0v) is 18.2. The van der Waals surface area contributed by atoms with E-state index in [0.717, 1.165) is 10.6 Å². The van der Waals surface area contributed by atoms with Gasteiger partial charge in [-0.05, 0) is 33.8 Å². The van der Waals surface area contributed by atoms with Crippen molar-refractivity contribution in [3.05, 3.63) is 40.4 Å². The minimum Gasteiger partial charge on any atom is -0.444 e. The smallest absolute Gasteiger partial charge is 0.410 e. The molecule has 0 saturated heterocycles. The number of hydrogen-bond donors (Lipinski definition) is 1. The first-order valence-corrected chi connectivity index (χ1v) is 10.4. The second-order valence-corrected chi connectivity index (χ2v) is 8.48. The third kappa shape index (κ3) is 6.80. The van der Waals surface area contributed by atoms with Gasteiger partial charge in [-0.2, -0.15) is 0 Å². The van der Waals surface area contributed by atoms with Crippen LogP contribution in [0.15, 0.2) is 29.6 Å². The number of nitrogens with zero attached hydrogens (tertiary/aromatic N) is 2.